The molecule has 1 aliphatic rings. The third-order valence-electron chi connectivity index (χ3n) is 5.46. The first-order valence-corrected chi connectivity index (χ1v) is 11.6. The van der Waals surface area contributed by atoms with Gasteiger partial charge < -0.3 is 9.47 Å². The first-order valence-electron chi connectivity index (χ1n) is 11.6. The van der Waals surface area contributed by atoms with Crippen LogP contribution in [0.15, 0.2) is 24.3 Å². The lowest BCUT2D eigenvalue weighted by molar-refractivity contribution is -0.282. The number of unbranched alkanes of at least 4 members (excludes halogenated alkanes) is 8. The van der Waals surface area contributed by atoms with Gasteiger partial charge in [0.15, 0.2) is 0 Å². The third-order valence-corrected chi connectivity index (χ3v) is 5.46. The molecule has 1 aromatic rings. The molecule has 1 aliphatic heterocycles. The monoisotopic (exact) mass is 406 g/mol. The Kier molecular flexibility index (Phi) is 11.4. The Morgan fingerprint density at radius 3 is 1.59 bits per heavy atom. The molecule has 1 aromatic carbocycles. The molecule has 0 N–H and O–H groups in total. The highest BCUT2D eigenvalue weighted by molar-refractivity contribution is 5.33. The number of fused-ring (bicyclic) bond motifs is 2. The highest BCUT2D eigenvalue weighted by atomic mass is 16.8. The Morgan fingerprint density at radius 2 is 1.14 bits per heavy atom. The van der Waals surface area contributed by atoms with Gasteiger partial charge in [-0.05, 0) is 39.1 Å². The Labute approximate surface area is 178 Å². The molecule has 0 aliphatic carbocycles. The summed E-state index contributed by atoms with van der Waals surface area (Å²) in [5.74, 6) is 1.57. The van der Waals surface area contributed by atoms with Gasteiger partial charge in [-0.15, -0.1) is 0 Å². The smallest absolute Gasteiger partial charge is 0.265 e. The Balaban J connectivity index is 1.93. The van der Waals surface area contributed by atoms with E-state index in [0.29, 0.717) is 0 Å². The number of hydrogen-bond donors (Lipinski definition) is 0. The summed E-state index contributed by atoms with van der Waals surface area (Å²) in [4.78, 5) is 4.30. The summed E-state index contributed by atoms with van der Waals surface area (Å²) in [5.41, 5.74) is 0. The molecule has 2 unspecified atom stereocenters. The van der Waals surface area contributed by atoms with Crippen molar-refractivity contribution in [2.45, 2.75) is 90.9 Å². The van der Waals surface area contributed by atoms with Crippen LogP contribution in [0.4, 0.5) is 0 Å². The van der Waals surface area contributed by atoms with Crippen molar-refractivity contribution in [3.63, 3.8) is 0 Å². The van der Waals surface area contributed by atoms with E-state index in [1.807, 2.05) is 24.3 Å². The molecule has 2 rings (SSSR count). The van der Waals surface area contributed by atoms with Crippen LogP contribution in [0.25, 0.3) is 0 Å². The summed E-state index contributed by atoms with van der Waals surface area (Å²) in [6, 6.07) is 7.83. The van der Waals surface area contributed by atoms with Gasteiger partial charge in [-0.1, -0.05) is 71.3 Å². The van der Waals surface area contributed by atoms with Crippen molar-refractivity contribution in [2.24, 2.45) is 0 Å². The third kappa shape index (κ3) is 8.93. The second-order valence-electron chi connectivity index (χ2n) is 8.25. The zero-order chi connectivity index (χ0) is 20.9. The zero-order valence-electron chi connectivity index (χ0n) is 19.1. The Bertz CT molecular complexity index is 511. The van der Waals surface area contributed by atoms with E-state index in [9.17, 15) is 0 Å². The van der Waals surface area contributed by atoms with E-state index >= 15 is 0 Å². The summed E-state index contributed by atoms with van der Waals surface area (Å²) in [5, 5.41) is 0. The maximum atomic E-state index is 6.30. The molecule has 5 nitrogen and oxygen atoms in total. The molecule has 5 heteroatoms. The SMILES string of the molecule is CCCCCCCN(C)C1Oc2cccc(c2)OC(N(C)CCCCCCC)O1. The summed E-state index contributed by atoms with van der Waals surface area (Å²) < 4.78 is 18.6. The molecule has 0 saturated carbocycles. The van der Waals surface area contributed by atoms with Gasteiger partial charge in [0.05, 0.1) is 0 Å². The summed E-state index contributed by atoms with van der Waals surface area (Å²) >= 11 is 0. The molecule has 166 valence electrons. The summed E-state index contributed by atoms with van der Waals surface area (Å²) in [6.07, 6.45) is 11.6. The highest BCUT2D eigenvalue weighted by Gasteiger charge is 2.28. The number of nitrogens with zero attached hydrogens (tertiary/aromatic N) is 2. The maximum Gasteiger partial charge on any atom is 0.265 e. The normalized spacial score (nSPS) is 19.0. The summed E-state index contributed by atoms with van der Waals surface area (Å²) in [7, 11) is 4.13. The number of rotatable bonds is 14. The average Bonchev–Trinajstić information content (AvgIpc) is 2.71. The van der Waals surface area contributed by atoms with Gasteiger partial charge in [-0.25, -0.2) is 9.80 Å². The molecule has 29 heavy (non-hydrogen) atoms. The van der Waals surface area contributed by atoms with Crippen LogP contribution in [0.5, 0.6) is 11.5 Å². The molecule has 2 bridgehead atoms. The molecular weight excluding hydrogens is 364 g/mol. The largest absolute Gasteiger partial charge is 0.451 e. The van der Waals surface area contributed by atoms with E-state index in [2.05, 4.69) is 37.7 Å². The van der Waals surface area contributed by atoms with Crippen LogP contribution in [-0.2, 0) is 4.74 Å². The van der Waals surface area contributed by atoms with E-state index in [1.54, 1.807) is 0 Å². The Morgan fingerprint density at radius 1 is 0.690 bits per heavy atom. The maximum absolute atomic E-state index is 6.30. The zero-order valence-corrected chi connectivity index (χ0v) is 19.1. The quantitative estimate of drug-likeness (QED) is 0.362. The topological polar surface area (TPSA) is 34.2 Å². The fraction of sp³-hybridized carbons (Fsp3) is 0.750. The molecule has 0 aromatic heterocycles. The van der Waals surface area contributed by atoms with Crippen LogP contribution in [0.1, 0.15) is 78.1 Å². The minimum absolute atomic E-state index is 0.454. The van der Waals surface area contributed by atoms with Crippen LogP contribution in [0, 0.1) is 0 Å². The number of hydrogen-bond acceptors (Lipinski definition) is 5. The van der Waals surface area contributed by atoms with Crippen LogP contribution < -0.4 is 9.47 Å². The van der Waals surface area contributed by atoms with E-state index in [4.69, 9.17) is 14.2 Å². The first kappa shape index (κ1) is 24.0. The van der Waals surface area contributed by atoms with E-state index < -0.39 is 12.8 Å². The fourth-order valence-corrected chi connectivity index (χ4v) is 3.54. The lowest BCUT2D eigenvalue weighted by Gasteiger charge is -2.36. The van der Waals surface area contributed by atoms with E-state index in [0.717, 1.165) is 37.4 Å². The average molecular weight is 407 g/mol. The minimum Gasteiger partial charge on any atom is -0.451 e. The van der Waals surface area contributed by atoms with Gasteiger partial charge >= 0.3 is 0 Å². The molecular formula is C24H42N2O3. The van der Waals surface area contributed by atoms with Gasteiger partial charge in [0.1, 0.15) is 11.5 Å². The van der Waals surface area contributed by atoms with Crippen LogP contribution >= 0.6 is 0 Å². The lowest BCUT2D eigenvalue weighted by Crippen LogP contribution is -2.49. The van der Waals surface area contributed by atoms with Crippen molar-refractivity contribution < 1.29 is 14.2 Å². The van der Waals surface area contributed by atoms with Crippen molar-refractivity contribution >= 4 is 0 Å². The van der Waals surface area contributed by atoms with Crippen molar-refractivity contribution in [1.82, 2.24) is 9.80 Å². The van der Waals surface area contributed by atoms with E-state index in [1.165, 1.54) is 51.4 Å². The van der Waals surface area contributed by atoms with E-state index in [-0.39, 0.29) is 0 Å². The van der Waals surface area contributed by atoms with Gasteiger partial charge in [0.25, 0.3) is 12.8 Å². The molecule has 0 amide bonds. The molecule has 1 heterocycles. The molecule has 0 saturated heterocycles. The number of ether oxygens (including phenoxy) is 3. The summed E-state index contributed by atoms with van der Waals surface area (Å²) in [6.45, 7) is 6.39. The van der Waals surface area contributed by atoms with Gasteiger partial charge in [0, 0.05) is 19.2 Å². The van der Waals surface area contributed by atoms with Crippen molar-refractivity contribution in [1.29, 1.82) is 0 Å². The van der Waals surface area contributed by atoms with Crippen LogP contribution in [-0.4, -0.2) is 49.8 Å². The number of benzene rings is 1. The predicted octanol–water partition coefficient (Wildman–Crippen LogP) is 5.85. The first-order chi connectivity index (χ1) is 14.1. The van der Waals surface area contributed by atoms with Crippen LogP contribution in [0.2, 0.25) is 0 Å². The second-order valence-corrected chi connectivity index (χ2v) is 8.25. The second kappa shape index (κ2) is 13.8. The highest BCUT2D eigenvalue weighted by Crippen LogP contribution is 2.27. The van der Waals surface area contributed by atoms with Crippen molar-refractivity contribution in [2.75, 3.05) is 27.2 Å². The standard InChI is InChI=1S/C24H42N2O3/c1-5-7-9-11-13-18-25(3)23-27-21-16-15-17-22(20-21)28-24(29-23)26(4)19-14-12-10-8-6-2/h15-17,20,23-24H,5-14,18-19H2,1-4H3. The fourth-order valence-electron chi connectivity index (χ4n) is 3.54. The van der Waals surface area contributed by atoms with Crippen molar-refractivity contribution in [3.05, 3.63) is 24.3 Å². The molecule has 0 radical (unpaired) electrons. The minimum atomic E-state index is -0.454. The predicted molar refractivity (Wildman–Crippen MR) is 119 cm³/mol. The Hall–Kier alpha value is -1.30. The molecule has 0 spiro atoms. The lowest BCUT2D eigenvalue weighted by atomic mass is 10.1. The van der Waals surface area contributed by atoms with Crippen molar-refractivity contribution in [3.8, 4) is 11.5 Å². The molecule has 2 atom stereocenters. The molecule has 0 fully saturated rings. The van der Waals surface area contributed by atoms with Gasteiger partial charge in [-0.3, -0.25) is 4.74 Å². The van der Waals surface area contributed by atoms with Gasteiger partial charge in [-0.2, -0.15) is 0 Å². The van der Waals surface area contributed by atoms with Crippen LogP contribution in [0.3, 0.4) is 0 Å². The van der Waals surface area contributed by atoms with Gasteiger partial charge in [0.2, 0.25) is 0 Å².